The highest BCUT2D eigenvalue weighted by Crippen LogP contribution is 2.48. The van der Waals surface area contributed by atoms with Gasteiger partial charge in [-0.3, -0.25) is 13.7 Å². The van der Waals surface area contributed by atoms with Gasteiger partial charge in [0.2, 0.25) is 17.8 Å². The summed E-state index contributed by atoms with van der Waals surface area (Å²) in [6, 6.07) is 97.5. The largest absolute Gasteiger partial charge is 0.309 e. The van der Waals surface area contributed by atoms with Crippen LogP contribution in [0, 0.1) is 0 Å². The van der Waals surface area contributed by atoms with E-state index in [1.54, 1.807) is 13.7 Å². The van der Waals surface area contributed by atoms with Gasteiger partial charge in [-0.15, -0.1) is 0 Å². The van der Waals surface area contributed by atoms with Crippen LogP contribution in [0.1, 0.15) is 41.1 Å². The molecule has 150 heavy (non-hydrogen) atoms. The first-order valence-electron chi connectivity index (χ1n) is 62.9. The van der Waals surface area contributed by atoms with E-state index in [-0.39, 0.29) is 86.2 Å². The summed E-state index contributed by atoms with van der Waals surface area (Å²) >= 11 is 0. The first kappa shape index (κ1) is 61.4. The molecule has 9 heterocycles. The Labute approximate surface area is 903 Å². The van der Waals surface area contributed by atoms with Crippen molar-refractivity contribution in [1.29, 1.82) is 0 Å². The molecular weight excluding hydrogens is 1830 g/mol. The Morgan fingerprint density at radius 3 is 0.787 bits per heavy atom. The molecule has 0 unspecified atom stereocenters. The first-order chi connectivity index (χ1) is 86.8. The molecular formula is C135H87N15. The van der Waals surface area contributed by atoms with Crippen LogP contribution < -0.4 is 0 Å². The lowest BCUT2D eigenvalue weighted by Crippen LogP contribution is -2.06. The predicted octanol–water partition coefficient (Wildman–Crippen LogP) is 33.2. The van der Waals surface area contributed by atoms with Gasteiger partial charge in [0.1, 0.15) is 0 Å². The molecule has 15 nitrogen and oxygen atoms in total. The Hall–Kier alpha value is -20.5. The quantitative estimate of drug-likeness (QED) is 0.0979. The summed E-state index contributed by atoms with van der Waals surface area (Å²) < 4.78 is 268. The average Bonchev–Trinajstić information content (AvgIpc) is 1.54. The summed E-state index contributed by atoms with van der Waals surface area (Å²) in [5.74, 6) is -2.17. The molecule has 0 saturated heterocycles. The average molecular weight is 1950 g/mol. The van der Waals surface area contributed by atoms with E-state index < -0.39 is 181 Å². The smallest absolute Gasteiger partial charge is 0.238 e. The molecule has 0 aliphatic heterocycles. The number of hydrogen-bond acceptors (Lipinski definition) is 9. The summed E-state index contributed by atoms with van der Waals surface area (Å²) in [6.07, 6.45) is 0. The number of fused-ring (bicyclic) bond motifs is 19. The van der Waals surface area contributed by atoms with E-state index in [9.17, 15) is 0 Å². The van der Waals surface area contributed by atoms with Gasteiger partial charge >= 0.3 is 0 Å². The second-order valence-corrected chi connectivity index (χ2v) is 35.3. The van der Waals surface area contributed by atoms with Crippen LogP contribution in [0.2, 0.25) is 0 Å². The van der Waals surface area contributed by atoms with E-state index in [1.807, 2.05) is 206 Å². The molecule has 0 bridgehead atoms. The second kappa shape index (κ2) is 37.0. The van der Waals surface area contributed by atoms with Gasteiger partial charge in [0.25, 0.3) is 0 Å². The minimum Gasteiger partial charge on any atom is -0.309 e. The topological polar surface area (TPSA) is 146 Å². The molecule has 0 saturated carbocycles. The fraction of sp³-hybridized carbons (Fsp3) is 0. The summed E-state index contributed by atoms with van der Waals surface area (Å²) in [5.41, 5.74) is 17.1. The molecule has 15 heteroatoms. The van der Waals surface area contributed by atoms with Gasteiger partial charge < -0.3 is 13.7 Å². The van der Waals surface area contributed by atoms with Crippen molar-refractivity contribution >= 4 is 131 Å². The zero-order valence-electron chi connectivity index (χ0n) is 109. The van der Waals surface area contributed by atoms with Crippen LogP contribution in [-0.4, -0.2) is 72.3 Å². The van der Waals surface area contributed by atoms with Crippen LogP contribution in [-0.2, 0) is 0 Å². The van der Waals surface area contributed by atoms with Crippen LogP contribution in [0.4, 0.5) is 0 Å². The van der Waals surface area contributed by atoms with Crippen molar-refractivity contribution in [2.75, 3.05) is 0 Å². The monoisotopic (exact) mass is 1950 g/mol. The first-order valence-corrected chi connectivity index (χ1v) is 47.9. The van der Waals surface area contributed by atoms with Crippen molar-refractivity contribution in [3.8, 4) is 137 Å². The Bertz CT molecular complexity index is 12100. The highest BCUT2D eigenvalue weighted by molar-refractivity contribution is 6.29. The normalized spacial score (nSPS) is 14.4. The van der Waals surface area contributed by atoms with Crippen molar-refractivity contribution < 1.29 is 41.1 Å². The lowest BCUT2D eigenvalue weighted by atomic mass is 10.0. The Balaban J connectivity index is 0.000000123. The third-order valence-electron chi connectivity index (χ3n) is 26.9. The zero-order chi connectivity index (χ0) is 125. The molecule has 30 rings (SSSR count). The molecule has 0 amide bonds. The minimum absolute atomic E-state index is 0.0561. The molecule has 0 N–H and O–H groups in total. The van der Waals surface area contributed by atoms with Crippen LogP contribution >= 0.6 is 0 Å². The van der Waals surface area contributed by atoms with Crippen LogP contribution in [0.15, 0.2) is 527 Å². The number of benzene rings is 21. The minimum atomic E-state index is -0.609. The SMILES string of the molecule is [2H]c1c([2H])c([2H])c(-c2nc(-c3c([2H])c([2H])c([2H])c([2H])c3[2H])nc(-n3c4ccccc4c4c5c6ccccc6n(-c6ccc(-c7ccccc7)cc6)c5ccc43)n2)c([2H])c1[2H].[2H]c1c([2H])c([2H])c(-c2nc(-c3c([2H])c([2H])c([2H])c([2H])c3[2H])nc(-n3c4ccccc4c4cc5c(cc43)c3ccccc3n5-c3cccc(-c4ccccc4)c3)n2)c([2H])c1[2H].[2H]c1c([2H])c([2H])c(-c2nc(-c3c([2H])c([2H])c([2H])c([2H])c3[2H])nc(-n3c4ccccc4c4cc5c(cc43)c3ccccc3n5-c3ccccc3-c3ccccc3)n2)c([2H])c1[2H]. The summed E-state index contributed by atoms with van der Waals surface area (Å²) in [7, 11) is 0. The molecule has 702 valence electrons. The second-order valence-electron chi connectivity index (χ2n) is 35.3. The number of rotatable bonds is 15. The molecule has 0 fully saturated rings. The van der Waals surface area contributed by atoms with Crippen LogP contribution in [0.5, 0.6) is 0 Å². The van der Waals surface area contributed by atoms with Crippen molar-refractivity contribution in [2.24, 2.45) is 0 Å². The fourth-order valence-corrected chi connectivity index (χ4v) is 20.5. The summed E-state index contributed by atoms with van der Waals surface area (Å²) in [5, 5.41) is 10.8. The van der Waals surface area contributed by atoms with Gasteiger partial charge in [-0.2, -0.15) is 29.9 Å². The lowest BCUT2D eigenvalue weighted by Gasteiger charge is -2.14. The number of aromatic nitrogens is 15. The van der Waals surface area contributed by atoms with Crippen molar-refractivity contribution in [3.63, 3.8) is 0 Å². The molecule has 9 aromatic heterocycles. The maximum atomic E-state index is 8.81. The molecule has 21 aromatic carbocycles. The van der Waals surface area contributed by atoms with Gasteiger partial charge in [0.05, 0.1) is 113 Å². The van der Waals surface area contributed by atoms with E-state index in [0.29, 0.717) is 33.1 Å². The molecule has 30 aromatic rings. The Morgan fingerprint density at radius 1 is 0.147 bits per heavy atom. The Kier molecular flexibility index (Phi) is 15.2. The van der Waals surface area contributed by atoms with Gasteiger partial charge in [0.15, 0.2) is 34.9 Å². The van der Waals surface area contributed by atoms with E-state index >= 15 is 0 Å². The molecule has 0 spiro atoms. The lowest BCUT2D eigenvalue weighted by molar-refractivity contribution is 0.953. The van der Waals surface area contributed by atoms with E-state index in [4.69, 9.17) is 71.0 Å². The van der Waals surface area contributed by atoms with E-state index in [0.717, 1.165) is 148 Å². The summed E-state index contributed by atoms with van der Waals surface area (Å²) in [6.45, 7) is 0. The molecule has 0 radical (unpaired) electrons. The molecule has 0 atom stereocenters. The number of para-hydroxylation sites is 7. The maximum Gasteiger partial charge on any atom is 0.238 e. The maximum absolute atomic E-state index is 8.81. The summed E-state index contributed by atoms with van der Waals surface area (Å²) in [4.78, 5) is 42.1. The van der Waals surface area contributed by atoms with Crippen molar-refractivity contribution in [3.05, 3.63) is 527 Å². The highest BCUT2D eigenvalue weighted by atomic mass is 15.2. The predicted molar refractivity (Wildman–Crippen MR) is 614 cm³/mol. The molecule has 0 aliphatic rings. The van der Waals surface area contributed by atoms with Crippen LogP contribution in [0.3, 0.4) is 0 Å². The third kappa shape index (κ3) is 15.3. The fourth-order valence-electron chi connectivity index (χ4n) is 20.5. The zero-order valence-corrected chi connectivity index (χ0v) is 78.6. The number of nitrogens with zero attached hydrogens (tertiary/aromatic N) is 15. The van der Waals surface area contributed by atoms with E-state index in [1.165, 1.54) is 0 Å². The van der Waals surface area contributed by atoms with Gasteiger partial charge in [0, 0.05) is 115 Å². The van der Waals surface area contributed by atoms with Crippen molar-refractivity contribution in [1.82, 2.24) is 72.3 Å². The third-order valence-corrected chi connectivity index (χ3v) is 26.9. The van der Waals surface area contributed by atoms with Gasteiger partial charge in [-0.1, -0.05) is 424 Å². The Morgan fingerprint density at radius 2 is 0.407 bits per heavy atom. The van der Waals surface area contributed by atoms with Gasteiger partial charge in [-0.25, -0.2) is 15.0 Å². The highest BCUT2D eigenvalue weighted by Gasteiger charge is 2.29. The van der Waals surface area contributed by atoms with Crippen molar-refractivity contribution in [2.45, 2.75) is 0 Å². The van der Waals surface area contributed by atoms with E-state index in [2.05, 4.69) is 168 Å². The molecule has 0 aliphatic carbocycles. The van der Waals surface area contributed by atoms with Gasteiger partial charge in [-0.05, 0) is 131 Å². The number of hydrogen-bond donors (Lipinski definition) is 0. The standard InChI is InChI=1S/3C45H29N5/c1-4-16-30(17-5-1)33-22-10-13-25-38(33)49-39-26-14-11-23-34(39)36-29-42-37(28-41(36)49)35-24-12-15-27-40(35)50(42)45-47-43(31-18-6-2-7-19-31)46-44(48-45)32-20-8-3-9-21-32;1-4-15-30(16-5-1)33-21-14-22-34(27-33)49-39-25-12-10-23-35(39)37-29-42-38(28-41(37)49)36-24-11-13-26-40(36)50(42)45-47-43(31-17-6-2-7-18-31)46-44(48-45)32-19-8-3-9-20-32;1-4-14-30(15-5-1)31-24-26-34(27-25-31)49-37-22-12-10-20-35(37)41-39(49)28-29-40-42(41)36-21-11-13-23-38(36)50(40)45-47-43(32-16-6-2-7-17-32)46-44(48-45)33-18-8-3-9-19-33/h3*1-29H/i2D,3D,6D,7D,8D,9D,18D,19D,20D,21D;2D,3D,6D,7D,8D,9D,17D,18D,19D,20D;2D,3D,6D,7D,8D,9D,16D,17D,18D,19D. The van der Waals surface area contributed by atoms with Crippen LogP contribution in [0.25, 0.3) is 267 Å².